The second-order valence-electron chi connectivity index (χ2n) is 13.0. The van der Waals surface area contributed by atoms with Crippen LogP contribution in [0.1, 0.15) is 43.8 Å². The summed E-state index contributed by atoms with van der Waals surface area (Å²) in [6, 6.07) is 22.5. The number of hydrogen-bond donors (Lipinski definition) is 5. The largest absolute Gasteiger partial charge is 0.387 e. The fraction of sp³-hybridized carbons (Fsp3) is 0.316. The van der Waals surface area contributed by atoms with Crippen LogP contribution < -0.4 is 15.4 Å². The number of carbonyl (C=O) groups excluding carboxylic acids is 1. The van der Waals surface area contributed by atoms with Gasteiger partial charge in [0.2, 0.25) is 10.0 Å². The molecule has 5 aromatic rings. The van der Waals surface area contributed by atoms with Crippen molar-refractivity contribution < 1.29 is 28.2 Å². The van der Waals surface area contributed by atoms with Crippen molar-refractivity contribution in [3.05, 3.63) is 114 Å². The van der Waals surface area contributed by atoms with Gasteiger partial charge in [0.25, 0.3) is 5.91 Å². The summed E-state index contributed by atoms with van der Waals surface area (Å²) >= 11 is 0. The molecule has 0 bridgehead atoms. The molecule has 0 radical (unpaired) electrons. The molecule has 14 heteroatoms. The number of carbonyl (C=O) groups is 1. The van der Waals surface area contributed by atoms with Gasteiger partial charge in [-0.2, -0.15) is 0 Å². The second kappa shape index (κ2) is 14.9. The summed E-state index contributed by atoms with van der Waals surface area (Å²) in [5, 5.41) is 29.3. The molecule has 1 aliphatic heterocycles. The first-order valence-corrected chi connectivity index (χ1v) is 18.8. The number of nitrogens with zero attached hydrogens (tertiary/aromatic N) is 4. The maximum absolute atomic E-state index is 13.7. The van der Waals surface area contributed by atoms with Crippen LogP contribution >= 0.6 is 0 Å². The lowest BCUT2D eigenvalue weighted by atomic mass is 9.80. The number of nitrogens with one attached hydrogen (secondary N) is 3. The fourth-order valence-electron chi connectivity index (χ4n) is 6.93. The van der Waals surface area contributed by atoms with Crippen molar-refractivity contribution in [2.24, 2.45) is 5.92 Å². The van der Waals surface area contributed by atoms with Gasteiger partial charge in [-0.15, -0.1) is 0 Å². The normalized spacial score (nSPS) is 22.4. The van der Waals surface area contributed by atoms with Crippen LogP contribution in [-0.4, -0.2) is 75.5 Å². The van der Waals surface area contributed by atoms with Gasteiger partial charge in [0.15, 0.2) is 29.3 Å². The molecule has 1 fully saturated rings. The Balaban J connectivity index is 1.25. The molecular weight excluding hydrogens is 683 g/mol. The molecular formula is C38H41N7O6S. The minimum absolute atomic E-state index is 0.0189. The van der Waals surface area contributed by atoms with Crippen LogP contribution in [0.3, 0.4) is 0 Å². The molecule has 2 aromatic heterocycles. The van der Waals surface area contributed by atoms with Gasteiger partial charge in [0.05, 0.1) is 17.8 Å². The highest BCUT2D eigenvalue weighted by Gasteiger charge is 2.47. The zero-order valence-corrected chi connectivity index (χ0v) is 29.6. The summed E-state index contributed by atoms with van der Waals surface area (Å²) in [7, 11) is -4.01. The highest BCUT2D eigenvalue weighted by Crippen LogP contribution is 2.36. The minimum atomic E-state index is -4.01. The third-order valence-corrected chi connectivity index (χ3v) is 11.1. The number of amides is 1. The van der Waals surface area contributed by atoms with E-state index in [1.165, 1.54) is 16.5 Å². The van der Waals surface area contributed by atoms with Crippen molar-refractivity contribution in [3.63, 3.8) is 0 Å². The molecule has 1 aliphatic carbocycles. The molecule has 0 saturated carbocycles. The van der Waals surface area contributed by atoms with Gasteiger partial charge in [0, 0.05) is 24.4 Å². The van der Waals surface area contributed by atoms with Gasteiger partial charge < -0.3 is 25.6 Å². The molecule has 1 amide bonds. The van der Waals surface area contributed by atoms with Crippen molar-refractivity contribution in [1.29, 1.82) is 0 Å². The maximum Gasteiger partial charge on any atom is 0.252 e. The van der Waals surface area contributed by atoms with E-state index in [0.717, 1.165) is 17.4 Å². The number of allylic oxidation sites excluding steroid dienone is 3. The topological polar surface area (TPSA) is 181 Å². The maximum atomic E-state index is 13.7. The Bertz CT molecular complexity index is 2250. The number of benzene rings is 3. The molecule has 2 unspecified atom stereocenters. The smallest absolute Gasteiger partial charge is 0.252 e. The van der Waals surface area contributed by atoms with Crippen molar-refractivity contribution in [2.45, 2.75) is 62.2 Å². The predicted molar refractivity (Wildman–Crippen MR) is 197 cm³/mol. The van der Waals surface area contributed by atoms with E-state index in [-0.39, 0.29) is 28.8 Å². The van der Waals surface area contributed by atoms with Gasteiger partial charge in [-0.1, -0.05) is 97.5 Å². The number of aliphatic hydroxyl groups is 2. The van der Waals surface area contributed by atoms with E-state index in [9.17, 15) is 23.4 Å². The number of sulfonamides is 1. The van der Waals surface area contributed by atoms with Gasteiger partial charge >= 0.3 is 0 Å². The average molecular weight is 724 g/mol. The summed E-state index contributed by atoms with van der Waals surface area (Å²) < 4.78 is 37.3. The Labute approximate surface area is 301 Å². The zero-order valence-electron chi connectivity index (χ0n) is 28.8. The Morgan fingerprint density at radius 2 is 1.79 bits per heavy atom. The number of ether oxygens (including phenoxy) is 1. The van der Waals surface area contributed by atoms with Crippen molar-refractivity contribution in [3.8, 4) is 0 Å². The van der Waals surface area contributed by atoms with Gasteiger partial charge in [-0.25, -0.2) is 28.1 Å². The number of imidazole rings is 1. The summed E-state index contributed by atoms with van der Waals surface area (Å²) in [6.45, 7) is 4.42. The van der Waals surface area contributed by atoms with Gasteiger partial charge in [-0.3, -0.25) is 9.36 Å². The number of anilines is 1. The molecule has 0 spiro atoms. The standard InChI is InChI=1S/C38H41N7O6S/c1-3-39-37(48)34-32(46)33(47)38(51-34)45-22-41-31-35(40-20-28(25-13-5-4-6-14-25)26-17-9-7-12-23(26)2)43-30(44-36(31)45)21-42-52(49,50)29-19-11-16-24-15-8-10-18-27(24)29/h4-11,13-19,22-23,28,32-34,38,42,46-47H,3,12,20-21H2,1-2H3,(H,39,48)(H,40,43,44)/t23?,28?,32-,33+,34-,38+/m0/s1. The second-order valence-corrected chi connectivity index (χ2v) is 14.7. The van der Waals surface area contributed by atoms with Crippen LogP contribution in [0.25, 0.3) is 21.9 Å². The van der Waals surface area contributed by atoms with Crippen LogP contribution in [-0.2, 0) is 26.1 Å². The molecule has 1 saturated heterocycles. The van der Waals surface area contributed by atoms with Crippen LogP contribution in [0, 0.1) is 5.92 Å². The van der Waals surface area contributed by atoms with E-state index >= 15 is 0 Å². The lowest BCUT2D eigenvalue weighted by Crippen LogP contribution is -2.42. The van der Waals surface area contributed by atoms with E-state index in [1.54, 1.807) is 31.2 Å². The van der Waals surface area contributed by atoms with Crippen LogP contribution in [0.2, 0.25) is 0 Å². The molecule has 13 nitrogen and oxygen atoms in total. The molecule has 2 aliphatic rings. The van der Waals surface area contributed by atoms with Crippen molar-refractivity contribution in [2.75, 3.05) is 18.4 Å². The lowest BCUT2D eigenvalue weighted by molar-refractivity contribution is -0.137. The Morgan fingerprint density at radius 1 is 1.02 bits per heavy atom. The Kier molecular flexibility index (Phi) is 10.2. The first-order valence-electron chi connectivity index (χ1n) is 17.3. The monoisotopic (exact) mass is 723 g/mol. The van der Waals surface area contributed by atoms with Gasteiger partial charge in [0.1, 0.15) is 18.0 Å². The zero-order chi connectivity index (χ0) is 36.4. The lowest BCUT2D eigenvalue weighted by Gasteiger charge is -2.27. The molecule has 5 N–H and O–H groups in total. The molecule has 3 heterocycles. The van der Waals surface area contributed by atoms with Crippen LogP contribution in [0.5, 0.6) is 0 Å². The number of aromatic nitrogens is 4. The highest BCUT2D eigenvalue weighted by molar-refractivity contribution is 7.89. The Morgan fingerprint density at radius 3 is 2.58 bits per heavy atom. The SMILES string of the molecule is CCNC(=O)[C@H]1O[C@@H](n2cnc3c(NCC(C4=CC=CCC4C)c4ccccc4)nc(CNS(=O)(=O)c4cccc5ccccc45)nc32)[C@H](O)[C@@H]1O. The van der Waals surface area contributed by atoms with Crippen molar-refractivity contribution >= 4 is 43.7 Å². The summed E-state index contributed by atoms with van der Waals surface area (Å²) in [6.07, 6.45) is 3.18. The predicted octanol–water partition coefficient (Wildman–Crippen LogP) is 3.93. The van der Waals surface area contributed by atoms with E-state index in [4.69, 9.17) is 9.72 Å². The summed E-state index contributed by atoms with van der Waals surface area (Å²) in [5.41, 5.74) is 2.93. The van der Waals surface area contributed by atoms with E-state index in [2.05, 4.69) is 62.6 Å². The van der Waals surface area contributed by atoms with E-state index in [1.807, 2.05) is 36.4 Å². The molecule has 6 atom stereocenters. The average Bonchev–Trinajstić information content (AvgIpc) is 3.71. The first kappa shape index (κ1) is 35.4. The number of likely N-dealkylation sites (N-methyl/N-ethyl adjacent to an activating group) is 1. The highest BCUT2D eigenvalue weighted by atomic mass is 32.2. The van der Waals surface area contributed by atoms with Gasteiger partial charge in [-0.05, 0) is 36.3 Å². The third kappa shape index (κ3) is 6.95. The number of aliphatic hydroxyl groups excluding tert-OH is 2. The number of hydrogen-bond acceptors (Lipinski definition) is 10. The quantitative estimate of drug-likeness (QED) is 0.127. The first-order chi connectivity index (χ1) is 25.2. The van der Waals surface area contributed by atoms with E-state index < -0.39 is 40.5 Å². The van der Waals surface area contributed by atoms with Crippen LogP contribution in [0.4, 0.5) is 5.82 Å². The van der Waals surface area contributed by atoms with Crippen molar-refractivity contribution in [1.82, 2.24) is 29.6 Å². The summed E-state index contributed by atoms with van der Waals surface area (Å²) in [4.78, 5) is 26.8. The fourth-order valence-corrected chi connectivity index (χ4v) is 8.14. The summed E-state index contributed by atoms with van der Waals surface area (Å²) in [5.74, 6) is 0.199. The molecule has 7 rings (SSSR count). The number of rotatable bonds is 12. The minimum Gasteiger partial charge on any atom is -0.387 e. The Hall–Kier alpha value is -4.99. The molecule has 3 aromatic carbocycles. The van der Waals surface area contributed by atoms with E-state index in [0.29, 0.717) is 35.7 Å². The third-order valence-electron chi connectivity index (χ3n) is 9.61. The number of fused-ring (bicyclic) bond motifs is 2. The molecule has 270 valence electrons. The van der Waals surface area contributed by atoms with Crippen LogP contribution in [0.15, 0.2) is 108 Å². The molecule has 52 heavy (non-hydrogen) atoms.